The minimum absolute atomic E-state index is 0.0533. The van der Waals surface area contributed by atoms with Gasteiger partial charge in [-0.15, -0.1) is 11.3 Å². The van der Waals surface area contributed by atoms with Crippen LogP contribution in [0.5, 0.6) is 0 Å². The lowest BCUT2D eigenvalue weighted by Crippen LogP contribution is -2.11. The van der Waals surface area contributed by atoms with E-state index in [1.165, 1.54) is 11.3 Å². The number of hydrogen-bond donors (Lipinski definition) is 0. The van der Waals surface area contributed by atoms with E-state index >= 15 is 0 Å². The van der Waals surface area contributed by atoms with Crippen LogP contribution in [-0.4, -0.2) is 11.3 Å². The minimum Gasteiger partial charge on any atom is -0.295 e. The van der Waals surface area contributed by atoms with Crippen LogP contribution in [0.2, 0.25) is 0 Å². The first kappa shape index (κ1) is 8.40. The Morgan fingerprint density at radius 1 is 1.55 bits per heavy atom. The predicted molar refractivity (Wildman–Crippen MR) is 46.2 cm³/mol. The largest absolute Gasteiger partial charge is 0.295 e. The van der Waals surface area contributed by atoms with Crippen LogP contribution in [0.3, 0.4) is 0 Å². The van der Waals surface area contributed by atoms with Crippen LogP contribution in [0.25, 0.3) is 0 Å². The summed E-state index contributed by atoms with van der Waals surface area (Å²) in [6.07, 6.45) is 0.792. The van der Waals surface area contributed by atoms with Crippen molar-refractivity contribution in [1.29, 1.82) is 0 Å². The summed E-state index contributed by atoms with van der Waals surface area (Å²) in [6, 6.07) is 0. The SMILES string of the molecule is CC(C)(C)c1csc(C=O)n1. The van der Waals surface area contributed by atoms with Gasteiger partial charge in [0.2, 0.25) is 0 Å². The molecule has 0 aromatic carbocycles. The number of hydrogen-bond acceptors (Lipinski definition) is 3. The van der Waals surface area contributed by atoms with Crippen LogP contribution in [-0.2, 0) is 5.41 Å². The average Bonchev–Trinajstić information content (AvgIpc) is 2.32. The lowest BCUT2D eigenvalue weighted by Gasteiger charge is -2.13. The molecule has 0 aliphatic carbocycles. The van der Waals surface area contributed by atoms with E-state index in [4.69, 9.17) is 0 Å². The first-order valence-electron chi connectivity index (χ1n) is 3.45. The first-order valence-corrected chi connectivity index (χ1v) is 4.33. The van der Waals surface area contributed by atoms with E-state index in [1.54, 1.807) is 0 Å². The summed E-state index contributed by atoms with van der Waals surface area (Å²) in [5.41, 5.74) is 1.04. The van der Waals surface area contributed by atoms with Crippen LogP contribution < -0.4 is 0 Å². The second kappa shape index (κ2) is 2.74. The molecule has 0 aliphatic rings. The maximum atomic E-state index is 10.3. The van der Waals surface area contributed by atoms with Gasteiger partial charge in [-0.05, 0) is 0 Å². The molecule has 0 radical (unpaired) electrons. The Bertz CT molecular complexity index is 259. The first-order chi connectivity index (χ1) is 5.04. The van der Waals surface area contributed by atoms with Crippen LogP contribution in [0, 0.1) is 0 Å². The molecule has 60 valence electrons. The Morgan fingerprint density at radius 3 is 2.45 bits per heavy atom. The van der Waals surface area contributed by atoms with Crippen molar-refractivity contribution in [2.75, 3.05) is 0 Å². The van der Waals surface area contributed by atoms with Crippen molar-refractivity contribution in [1.82, 2.24) is 4.98 Å². The van der Waals surface area contributed by atoms with Crippen molar-refractivity contribution in [3.05, 3.63) is 16.1 Å². The third-order valence-electron chi connectivity index (χ3n) is 1.39. The molecule has 0 spiro atoms. The second-order valence-corrected chi connectivity index (χ2v) is 4.33. The molecule has 0 bridgehead atoms. The molecule has 11 heavy (non-hydrogen) atoms. The number of rotatable bonds is 1. The standard InChI is InChI=1S/C8H11NOS/c1-8(2,3)6-5-11-7(4-10)9-6/h4-5H,1-3H3. The molecule has 0 atom stereocenters. The molecule has 3 heteroatoms. The van der Waals surface area contributed by atoms with E-state index in [9.17, 15) is 4.79 Å². The number of aromatic nitrogens is 1. The normalized spacial score (nSPS) is 11.5. The summed E-state index contributed by atoms with van der Waals surface area (Å²) in [4.78, 5) is 14.4. The summed E-state index contributed by atoms with van der Waals surface area (Å²) in [5.74, 6) is 0. The molecule has 0 unspecified atom stereocenters. The third kappa shape index (κ3) is 1.87. The molecular formula is C8H11NOS. The highest BCUT2D eigenvalue weighted by Gasteiger charge is 2.16. The van der Waals surface area contributed by atoms with Crippen molar-refractivity contribution in [2.45, 2.75) is 26.2 Å². The minimum atomic E-state index is 0.0533. The van der Waals surface area contributed by atoms with Gasteiger partial charge in [-0.3, -0.25) is 4.79 Å². The van der Waals surface area contributed by atoms with Crippen LogP contribution in [0.1, 0.15) is 36.3 Å². The Labute approximate surface area is 70.3 Å². The van der Waals surface area contributed by atoms with E-state index in [1.807, 2.05) is 5.38 Å². The number of carbonyl (C=O) groups excluding carboxylic acids is 1. The zero-order valence-corrected chi connectivity index (χ0v) is 7.73. The summed E-state index contributed by atoms with van der Waals surface area (Å²) >= 11 is 1.40. The fraction of sp³-hybridized carbons (Fsp3) is 0.500. The maximum absolute atomic E-state index is 10.3. The highest BCUT2D eigenvalue weighted by molar-refractivity contribution is 7.11. The maximum Gasteiger partial charge on any atom is 0.178 e. The van der Waals surface area contributed by atoms with Gasteiger partial charge in [-0.25, -0.2) is 4.98 Å². The summed E-state index contributed by atoms with van der Waals surface area (Å²) < 4.78 is 0. The molecule has 1 aromatic rings. The molecule has 0 amide bonds. The molecule has 0 aliphatic heterocycles. The number of thiazole rings is 1. The molecule has 2 nitrogen and oxygen atoms in total. The van der Waals surface area contributed by atoms with E-state index in [-0.39, 0.29) is 5.41 Å². The topological polar surface area (TPSA) is 30.0 Å². The quantitative estimate of drug-likeness (QED) is 0.603. The van der Waals surface area contributed by atoms with E-state index in [0.717, 1.165) is 12.0 Å². The fourth-order valence-corrected chi connectivity index (χ4v) is 1.53. The average molecular weight is 169 g/mol. The Kier molecular flexibility index (Phi) is 2.09. The van der Waals surface area contributed by atoms with E-state index in [2.05, 4.69) is 25.8 Å². The summed E-state index contributed by atoms with van der Waals surface area (Å²) in [7, 11) is 0. The molecule has 1 heterocycles. The number of carbonyl (C=O) groups is 1. The van der Waals surface area contributed by atoms with Gasteiger partial charge >= 0.3 is 0 Å². The van der Waals surface area contributed by atoms with Crippen molar-refractivity contribution >= 4 is 17.6 Å². The van der Waals surface area contributed by atoms with Gasteiger partial charge < -0.3 is 0 Å². The van der Waals surface area contributed by atoms with Crippen LogP contribution >= 0.6 is 11.3 Å². The molecular weight excluding hydrogens is 158 g/mol. The number of aldehydes is 1. The lowest BCUT2D eigenvalue weighted by molar-refractivity contribution is 0.112. The Hall–Kier alpha value is -0.700. The highest BCUT2D eigenvalue weighted by Crippen LogP contribution is 2.22. The monoisotopic (exact) mass is 169 g/mol. The van der Waals surface area contributed by atoms with Gasteiger partial charge in [0.1, 0.15) is 0 Å². The predicted octanol–water partition coefficient (Wildman–Crippen LogP) is 2.25. The molecule has 1 aromatic heterocycles. The van der Waals surface area contributed by atoms with Gasteiger partial charge in [0, 0.05) is 10.8 Å². The van der Waals surface area contributed by atoms with Gasteiger partial charge in [0.15, 0.2) is 11.3 Å². The molecule has 0 saturated heterocycles. The highest BCUT2D eigenvalue weighted by atomic mass is 32.1. The Balaban J connectivity index is 2.98. The Morgan fingerprint density at radius 2 is 2.18 bits per heavy atom. The van der Waals surface area contributed by atoms with E-state index < -0.39 is 0 Å². The smallest absolute Gasteiger partial charge is 0.178 e. The molecule has 0 saturated carbocycles. The lowest BCUT2D eigenvalue weighted by atomic mass is 9.93. The van der Waals surface area contributed by atoms with Gasteiger partial charge in [0.25, 0.3) is 0 Å². The summed E-state index contributed by atoms with van der Waals surface area (Å²) in [6.45, 7) is 6.24. The number of nitrogens with zero attached hydrogens (tertiary/aromatic N) is 1. The van der Waals surface area contributed by atoms with E-state index in [0.29, 0.717) is 5.01 Å². The fourth-order valence-electron chi connectivity index (χ4n) is 0.686. The van der Waals surface area contributed by atoms with Gasteiger partial charge in [0.05, 0.1) is 5.69 Å². The van der Waals surface area contributed by atoms with Gasteiger partial charge in [-0.1, -0.05) is 20.8 Å². The zero-order valence-electron chi connectivity index (χ0n) is 6.92. The second-order valence-electron chi connectivity index (χ2n) is 3.44. The van der Waals surface area contributed by atoms with Gasteiger partial charge in [-0.2, -0.15) is 0 Å². The summed E-state index contributed by atoms with van der Waals surface area (Å²) in [5, 5.41) is 2.50. The third-order valence-corrected chi connectivity index (χ3v) is 2.16. The van der Waals surface area contributed by atoms with Crippen LogP contribution in [0.15, 0.2) is 5.38 Å². The van der Waals surface area contributed by atoms with Crippen molar-refractivity contribution < 1.29 is 4.79 Å². The van der Waals surface area contributed by atoms with Crippen molar-refractivity contribution in [3.63, 3.8) is 0 Å². The van der Waals surface area contributed by atoms with Crippen LogP contribution in [0.4, 0.5) is 0 Å². The van der Waals surface area contributed by atoms with Crippen molar-refractivity contribution in [3.8, 4) is 0 Å². The molecule has 0 fully saturated rings. The molecule has 0 N–H and O–H groups in total. The van der Waals surface area contributed by atoms with Crippen molar-refractivity contribution in [2.24, 2.45) is 0 Å². The molecule has 1 rings (SSSR count). The zero-order chi connectivity index (χ0) is 8.48.